The number of anilines is 1. The van der Waals surface area contributed by atoms with Crippen LogP contribution in [0.3, 0.4) is 0 Å². The Hall–Kier alpha value is -3.31. The highest BCUT2D eigenvalue weighted by atomic mass is 32.2. The zero-order chi connectivity index (χ0) is 22.7. The van der Waals surface area contributed by atoms with E-state index in [-0.39, 0.29) is 5.69 Å². The topological polar surface area (TPSA) is 85.8 Å². The van der Waals surface area contributed by atoms with Crippen molar-refractivity contribution in [3.8, 4) is 10.7 Å². The van der Waals surface area contributed by atoms with E-state index in [0.29, 0.717) is 16.5 Å². The van der Waals surface area contributed by atoms with E-state index in [9.17, 15) is 18.0 Å². The predicted molar refractivity (Wildman–Crippen MR) is 119 cm³/mol. The van der Waals surface area contributed by atoms with Crippen LogP contribution in [-0.2, 0) is 11.0 Å². The minimum Gasteiger partial charge on any atom is -0.335 e. The number of benzene rings is 2. The lowest BCUT2D eigenvalue weighted by molar-refractivity contribution is -0.137. The van der Waals surface area contributed by atoms with Gasteiger partial charge >= 0.3 is 6.18 Å². The number of hydrogen-bond acceptors (Lipinski definition) is 6. The number of rotatable bonds is 6. The third-order valence-electron chi connectivity index (χ3n) is 4.43. The Morgan fingerprint density at radius 3 is 2.53 bits per heavy atom. The van der Waals surface area contributed by atoms with Crippen LogP contribution in [0, 0.1) is 0 Å². The molecule has 32 heavy (non-hydrogen) atoms. The number of amides is 1. The molecule has 3 N–H and O–H groups in total. The SMILES string of the molecule is Nn1c(SC(C(=O)Nc2cccc(C(F)(F)F)c2)c2ccccc2)nnc1-c1cccs1. The third-order valence-corrected chi connectivity index (χ3v) is 6.50. The van der Waals surface area contributed by atoms with Gasteiger partial charge in [0.1, 0.15) is 5.25 Å². The Morgan fingerprint density at radius 2 is 1.84 bits per heavy atom. The molecule has 0 saturated heterocycles. The van der Waals surface area contributed by atoms with Gasteiger partial charge in [-0.25, -0.2) is 4.68 Å². The van der Waals surface area contributed by atoms with Crippen LogP contribution in [0.4, 0.5) is 18.9 Å². The molecule has 0 saturated carbocycles. The van der Waals surface area contributed by atoms with Crippen molar-refractivity contribution in [2.75, 3.05) is 11.2 Å². The highest BCUT2D eigenvalue weighted by Gasteiger charge is 2.31. The molecule has 11 heteroatoms. The number of nitrogens with two attached hydrogens (primary N) is 1. The second kappa shape index (κ2) is 9.05. The number of nitrogens with zero attached hydrogens (tertiary/aromatic N) is 3. The highest BCUT2D eigenvalue weighted by molar-refractivity contribution is 8.00. The second-order valence-corrected chi connectivity index (χ2v) is 8.65. The third kappa shape index (κ3) is 4.78. The number of alkyl halides is 3. The molecule has 0 aliphatic rings. The van der Waals surface area contributed by atoms with E-state index < -0.39 is 22.9 Å². The maximum atomic E-state index is 13.1. The highest BCUT2D eigenvalue weighted by Crippen LogP contribution is 2.37. The minimum atomic E-state index is -4.51. The quantitative estimate of drug-likeness (QED) is 0.295. The van der Waals surface area contributed by atoms with Gasteiger partial charge in [-0.15, -0.1) is 21.5 Å². The lowest BCUT2D eigenvalue weighted by atomic mass is 10.1. The first-order valence-electron chi connectivity index (χ1n) is 9.27. The summed E-state index contributed by atoms with van der Waals surface area (Å²) < 4.78 is 40.4. The van der Waals surface area contributed by atoms with Crippen LogP contribution in [0.2, 0.25) is 0 Å². The summed E-state index contributed by atoms with van der Waals surface area (Å²) in [6, 6.07) is 17.0. The molecule has 1 atom stereocenters. The number of carbonyl (C=O) groups is 1. The van der Waals surface area contributed by atoms with Gasteiger partial charge in [-0.05, 0) is 35.2 Å². The fourth-order valence-corrected chi connectivity index (χ4v) is 4.58. The number of nitrogens with one attached hydrogen (secondary N) is 1. The summed E-state index contributed by atoms with van der Waals surface area (Å²) in [6.07, 6.45) is -4.51. The minimum absolute atomic E-state index is 0.0415. The van der Waals surface area contributed by atoms with Gasteiger partial charge in [0.15, 0.2) is 5.82 Å². The van der Waals surface area contributed by atoms with Crippen molar-refractivity contribution in [2.24, 2.45) is 0 Å². The summed E-state index contributed by atoms with van der Waals surface area (Å²) >= 11 is 2.50. The lowest BCUT2D eigenvalue weighted by Gasteiger charge is -2.17. The van der Waals surface area contributed by atoms with Crippen LogP contribution in [0.25, 0.3) is 10.7 Å². The van der Waals surface area contributed by atoms with Gasteiger partial charge in [0, 0.05) is 5.69 Å². The molecule has 2 aromatic heterocycles. The molecule has 6 nitrogen and oxygen atoms in total. The standard InChI is InChI=1S/C21H16F3N5OS2/c22-21(23,24)14-8-4-9-15(12-14)26-19(30)17(13-6-2-1-3-7-13)32-20-28-27-18(29(20)25)16-10-5-11-31-16/h1-12,17H,25H2,(H,26,30). The van der Waals surface area contributed by atoms with Crippen LogP contribution in [0.1, 0.15) is 16.4 Å². The van der Waals surface area contributed by atoms with E-state index in [1.165, 1.54) is 28.1 Å². The van der Waals surface area contributed by atoms with Gasteiger partial charge in [0.05, 0.1) is 10.4 Å². The molecular weight excluding hydrogens is 459 g/mol. The first-order valence-corrected chi connectivity index (χ1v) is 11.0. The van der Waals surface area contributed by atoms with Crippen LogP contribution in [0.15, 0.2) is 77.3 Å². The van der Waals surface area contributed by atoms with Gasteiger partial charge in [0.25, 0.3) is 0 Å². The van der Waals surface area contributed by atoms with Gasteiger partial charge < -0.3 is 11.2 Å². The van der Waals surface area contributed by atoms with Crippen molar-refractivity contribution < 1.29 is 18.0 Å². The number of hydrogen-bond donors (Lipinski definition) is 2. The molecule has 0 fully saturated rings. The number of nitrogen functional groups attached to an aromatic ring is 1. The fraction of sp³-hybridized carbons (Fsp3) is 0.0952. The number of aromatic nitrogens is 3. The van der Waals surface area contributed by atoms with E-state index in [4.69, 9.17) is 5.84 Å². The monoisotopic (exact) mass is 475 g/mol. The van der Waals surface area contributed by atoms with Crippen molar-refractivity contribution in [1.29, 1.82) is 0 Å². The summed E-state index contributed by atoms with van der Waals surface area (Å²) in [5, 5.41) is 12.1. The van der Waals surface area contributed by atoms with Crippen molar-refractivity contribution in [1.82, 2.24) is 14.9 Å². The summed E-state index contributed by atoms with van der Waals surface area (Å²) in [7, 11) is 0. The Bertz CT molecular complexity index is 1210. The number of thioether (sulfide) groups is 1. The molecule has 164 valence electrons. The number of thiophene rings is 1. The van der Waals surface area contributed by atoms with Gasteiger partial charge in [0.2, 0.25) is 11.1 Å². The van der Waals surface area contributed by atoms with E-state index in [1.54, 1.807) is 30.3 Å². The number of carbonyl (C=O) groups excluding carboxylic acids is 1. The first kappa shape index (κ1) is 21.9. The average molecular weight is 476 g/mol. The summed E-state index contributed by atoms with van der Waals surface area (Å²) in [5.74, 6) is 6.10. The summed E-state index contributed by atoms with van der Waals surface area (Å²) in [6.45, 7) is 0. The van der Waals surface area contributed by atoms with Gasteiger partial charge in [-0.2, -0.15) is 13.2 Å². The Morgan fingerprint density at radius 1 is 1.06 bits per heavy atom. The summed E-state index contributed by atoms with van der Waals surface area (Å²) in [5.41, 5.74) is -0.163. The van der Waals surface area contributed by atoms with E-state index in [1.807, 2.05) is 17.5 Å². The normalized spacial score (nSPS) is 12.5. The van der Waals surface area contributed by atoms with Crippen molar-refractivity contribution in [3.63, 3.8) is 0 Å². The predicted octanol–water partition coefficient (Wildman–Crippen LogP) is 5.21. The molecule has 1 unspecified atom stereocenters. The van der Waals surface area contributed by atoms with Crippen LogP contribution in [0.5, 0.6) is 0 Å². The smallest absolute Gasteiger partial charge is 0.335 e. The molecular formula is C21H16F3N5OS2. The molecule has 4 rings (SSSR count). The molecule has 0 radical (unpaired) electrons. The molecule has 1 amide bonds. The maximum Gasteiger partial charge on any atom is 0.416 e. The van der Waals surface area contributed by atoms with E-state index in [0.717, 1.165) is 28.8 Å². The maximum absolute atomic E-state index is 13.1. The summed E-state index contributed by atoms with van der Waals surface area (Å²) in [4.78, 5) is 13.9. The second-order valence-electron chi connectivity index (χ2n) is 6.63. The van der Waals surface area contributed by atoms with Crippen LogP contribution >= 0.6 is 23.1 Å². The van der Waals surface area contributed by atoms with Crippen molar-refractivity contribution in [2.45, 2.75) is 16.6 Å². The first-order chi connectivity index (χ1) is 15.3. The van der Waals surface area contributed by atoms with Crippen LogP contribution < -0.4 is 11.2 Å². The Balaban J connectivity index is 1.62. The van der Waals surface area contributed by atoms with Gasteiger partial charge in [-0.1, -0.05) is 54.2 Å². The zero-order valence-electron chi connectivity index (χ0n) is 16.3. The molecule has 0 spiro atoms. The van der Waals surface area contributed by atoms with Crippen molar-refractivity contribution in [3.05, 3.63) is 83.2 Å². The molecule has 2 heterocycles. The van der Waals surface area contributed by atoms with E-state index in [2.05, 4.69) is 15.5 Å². The Labute approximate surface area is 189 Å². The van der Waals surface area contributed by atoms with E-state index >= 15 is 0 Å². The zero-order valence-corrected chi connectivity index (χ0v) is 17.9. The molecule has 4 aromatic rings. The Kier molecular flexibility index (Phi) is 6.19. The molecule has 0 aliphatic heterocycles. The largest absolute Gasteiger partial charge is 0.416 e. The van der Waals surface area contributed by atoms with Gasteiger partial charge in [-0.3, -0.25) is 4.79 Å². The number of halogens is 3. The lowest BCUT2D eigenvalue weighted by Crippen LogP contribution is -2.21. The molecule has 0 aliphatic carbocycles. The fourth-order valence-electron chi connectivity index (χ4n) is 2.92. The molecule has 2 aromatic carbocycles. The average Bonchev–Trinajstić information content (AvgIpc) is 3.42. The molecule has 0 bridgehead atoms. The van der Waals surface area contributed by atoms with Crippen LogP contribution in [-0.4, -0.2) is 20.8 Å². The van der Waals surface area contributed by atoms with Crippen molar-refractivity contribution >= 4 is 34.7 Å².